The molecular weight excluding hydrogens is 464 g/mol. The average Bonchev–Trinajstić information content (AvgIpc) is 3.42. The molecule has 3 heterocycles. The highest BCUT2D eigenvalue weighted by Crippen LogP contribution is 2.32. The van der Waals surface area contributed by atoms with Crippen molar-refractivity contribution < 1.29 is 23.9 Å². The number of anilines is 1. The number of aryl methyl sites for hydroxylation is 2. The highest BCUT2D eigenvalue weighted by atomic mass is 32.1. The summed E-state index contributed by atoms with van der Waals surface area (Å²) in [4.78, 5) is 56.0. The van der Waals surface area contributed by atoms with E-state index in [1.165, 1.54) is 23.1 Å². The van der Waals surface area contributed by atoms with Crippen LogP contribution in [0.15, 0.2) is 47.8 Å². The van der Waals surface area contributed by atoms with Crippen molar-refractivity contribution in [3.05, 3.63) is 86.1 Å². The van der Waals surface area contributed by atoms with Gasteiger partial charge in [-0.2, -0.15) is 0 Å². The lowest BCUT2D eigenvalue weighted by atomic mass is 10.1. The molecule has 0 fully saturated rings. The number of hydrogen-bond donors (Lipinski definition) is 0. The number of carbonyl (C=O) groups is 4. The number of ether oxygens (including phenoxy) is 1. The van der Waals surface area contributed by atoms with E-state index in [-0.39, 0.29) is 22.6 Å². The molecule has 5 rings (SSSR count). The van der Waals surface area contributed by atoms with Crippen LogP contribution in [0.2, 0.25) is 0 Å². The van der Waals surface area contributed by atoms with Gasteiger partial charge in [-0.3, -0.25) is 14.4 Å². The molecule has 0 bridgehead atoms. The van der Waals surface area contributed by atoms with Crippen molar-refractivity contribution in [2.75, 3.05) is 11.4 Å². The van der Waals surface area contributed by atoms with Crippen LogP contribution in [0.4, 0.5) is 5.69 Å². The summed E-state index contributed by atoms with van der Waals surface area (Å²) in [6, 6.07) is 11.9. The van der Waals surface area contributed by atoms with Gasteiger partial charge >= 0.3 is 5.97 Å². The molecule has 0 saturated carbocycles. The van der Waals surface area contributed by atoms with E-state index in [4.69, 9.17) is 4.74 Å². The first kappa shape index (κ1) is 23.0. The van der Waals surface area contributed by atoms with E-state index in [0.717, 1.165) is 28.0 Å². The Morgan fingerprint density at radius 1 is 1.00 bits per heavy atom. The monoisotopic (exact) mass is 488 g/mol. The van der Waals surface area contributed by atoms with Crippen LogP contribution in [0.5, 0.6) is 0 Å². The molecule has 1 aromatic heterocycles. The molecule has 0 spiro atoms. The number of esters is 1. The molecular formula is C27H24N2O5S. The number of rotatable bonds is 4. The lowest BCUT2D eigenvalue weighted by Gasteiger charge is -2.29. The lowest BCUT2D eigenvalue weighted by molar-refractivity contribution is -0.140. The quantitative estimate of drug-likeness (QED) is 0.404. The number of amides is 3. The normalized spacial score (nSPS) is 15.6. The Balaban J connectivity index is 1.32. The first-order chi connectivity index (χ1) is 16.7. The summed E-state index contributed by atoms with van der Waals surface area (Å²) in [5.41, 5.74) is 3.87. The predicted molar refractivity (Wildman–Crippen MR) is 132 cm³/mol. The largest absolute Gasteiger partial charge is 0.449 e. The van der Waals surface area contributed by atoms with Gasteiger partial charge in [-0.1, -0.05) is 12.1 Å². The lowest BCUT2D eigenvalue weighted by Crippen LogP contribution is -2.42. The Bertz CT molecular complexity index is 1390. The molecule has 0 radical (unpaired) electrons. The van der Waals surface area contributed by atoms with Crippen molar-refractivity contribution in [1.29, 1.82) is 0 Å². The van der Waals surface area contributed by atoms with Crippen LogP contribution >= 0.6 is 11.3 Å². The fourth-order valence-corrected chi connectivity index (χ4v) is 5.41. The first-order valence-corrected chi connectivity index (χ1v) is 12.3. The van der Waals surface area contributed by atoms with E-state index >= 15 is 0 Å². The number of benzene rings is 2. The Morgan fingerprint density at radius 2 is 1.77 bits per heavy atom. The number of thiophene rings is 1. The summed E-state index contributed by atoms with van der Waals surface area (Å²) in [6.07, 6.45) is -0.184. The summed E-state index contributed by atoms with van der Waals surface area (Å²) in [5.74, 6) is -1.89. The van der Waals surface area contributed by atoms with E-state index < -0.39 is 23.9 Å². The maximum atomic E-state index is 13.2. The molecule has 2 aliphatic rings. The van der Waals surface area contributed by atoms with Crippen LogP contribution < -0.4 is 4.90 Å². The topological polar surface area (TPSA) is 84.0 Å². The minimum Gasteiger partial charge on any atom is -0.449 e. The molecule has 8 heteroatoms. The maximum Gasteiger partial charge on any atom is 0.338 e. The van der Waals surface area contributed by atoms with Crippen LogP contribution in [0.3, 0.4) is 0 Å². The zero-order chi connectivity index (χ0) is 24.9. The van der Waals surface area contributed by atoms with Gasteiger partial charge in [0.15, 0.2) is 6.10 Å². The molecule has 35 heavy (non-hydrogen) atoms. The molecule has 1 unspecified atom stereocenters. The second-order valence-electron chi connectivity index (χ2n) is 8.92. The number of nitrogens with zero attached hydrogens (tertiary/aromatic N) is 2. The number of carbonyl (C=O) groups excluding carboxylic acids is 4. The summed E-state index contributed by atoms with van der Waals surface area (Å²) in [5, 5.41) is 2.02. The molecule has 2 aromatic carbocycles. The SMILES string of the molecule is Cc1ccc(C)c(N2C(=O)c3ccc(C(=O)OC(C)C(=O)N4CCc5sccc5C4)cc3C2=O)c1. The van der Waals surface area contributed by atoms with E-state index in [1.54, 1.807) is 29.2 Å². The first-order valence-electron chi connectivity index (χ1n) is 11.4. The molecule has 3 amide bonds. The highest BCUT2D eigenvalue weighted by Gasteiger charge is 2.38. The minimum atomic E-state index is -0.972. The molecule has 7 nitrogen and oxygen atoms in total. The summed E-state index contributed by atoms with van der Waals surface area (Å²) < 4.78 is 5.45. The van der Waals surface area contributed by atoms with Gasteiger partial charge in [0.2, 0.25) is 0 Å². The molecule has 1 atom stereocenters. The zero-order valence-corrected chi connectivity index (χ0v) is 20.5. The van der Waals surface area contributed by atoms with Crippen molar-refractivity contribution >= 4 is 40.7 Å². The van der Waals surface area contributed by atoms with Gasteiger partial charge in [0.1, 0.15) is 0 Å². The van der Waals surface area contributed by atoms with Gasteiger partial charge < -0.3 is 9.64 Å². The van der Waals surface area contributed by atoms with Crippen LogP contribution in [-0.2, 0) is 22.5 Å². The van der Waals surface area contributed by atoms with Crippen LogP contribution in [0.25, 0.3) is 0 Å². The number of imide groups is 1. The second kappa shape index (κ2) is 8.78. The molecule has 0 saturated heterocycles. The Morgan fingerprint density at radius 3 is 2.57 bits per heavy atom. The van der Waals surface area contributed by atoms with Gasteiger partial charge in [-0.25, -0.2) is 9.69 Å². The minimum absolute atomic E-state index is 0.117. The predicted octanol–water partition coefficient (Wildman–Crippen LogP) is 4.30. The Labute approximate surface area is 206 Å². The summed E-state index contributed by atoms with van der Waals surface area (Å²) >= 11 is 1.69. The standard InChI is InChI=1S/C27H24N2O5S/c1-15-4-5-16(2)22(12-15)29-25(31)20-7-6-18(13-21(20)26(29)32)27(33)34-17(3)24(30)28-10-8-23-19(14-28)9-11-35-23/h4-7,9,11-13,17H,8,10,14H2,1-3H3. The van der Waals surface area contributed by atoms with Crippen LogP contribution in [0, 0.1) is 13.8 Å². The molecule has 3 aromatic rings. The average molecular weight is 489 g/mol. The van der Waals surface area contributed by atoms with Crippen molar-refractivity contribution in [3.63, 3.8) is 0 Å². The van der Waals surface area contributed by atoms with Crippen LogP contribution in [-0.4, -0.2) is 41.2 Å². The van der Waals surface area contributed by atoms with E-state index in [2.05, 4.69) is 0 Å². The van der Waals surface area contributed by atoms with E-state index in [9.17, 15) is 19.2 Å². The summed E-state index contributed by atoms with van der Waals surface area (Å²) in [7, 11) is 0. The Hall–Kier alpha value is -3.78. The van der Waals surface area contributed by atoms with Gasteiger partial charge in [-0.05, 0) is 79.6 Å². The molecule has 0 N–H and O–H groups in total. The molecule has 2 aliphatic heterocycles. The van der Waals surface area contributed by atoms with Crippen LogP contribution in [0.1, 0.15) is 59.6 Å². The van der Waals surface area contributed by atoms with Gasteiger partial charge in [0.25, 0.3) is 17.7 Å². The van der Waals surface area contributed by atoms with Crippen molar-refractivity contribution in [2.24, 2.45) is 0 Å². The number of fused-ring (bicyclic) bond motifs is 2. The smallest absolute Gasteiger partial charge is 0.338 e. The molecule has 0 aliphatic carbocycles. The third-order valence-corrected chi connectivity index (χ3v) is 7.50. The van der Waals surface area contributed by atoms with E-state index in [0.29, 0.717) is 18.8 Å². The maximum absolute atomic E-state index is 13.2. The van der Waals surface area contributed by atoms with Gasteiger partial charge in [0.05, 0.1) is 22.4 Å². The van der Waals surface area contributed by atoms with Gasteiger partial charge in [-0.15, -0.1) is 11.3 Å². The highest BCUT2D eigenvalue weighted by molar-refractivity contribution is 7.10. The fraction of sp³-hybridized carbons (Fsp3) is 0.259. The van der Waals surface area contributed by atoms with Crippen molar-refractivity contribution in [2.45, 2.75) is 39.8 Å². The fourth-order valence-electron chi connectivity index (χ4n) is 4.52. The number of hydrogen-bond acceptors (Lipinski definition) is 6. The second-order valence-corrected chi connectivity index (χ2v) is 9.92. The Kier molecular flexibility index (Phi) is 5.76. The molecule has 178 valence electrons. The van der Waals surface area contributed by atoms with Crippen molar-refractivity contribution in [3.8, 4) is 0 Å². The van der Waals surface area contributed by atoms with Crippen molar-refractivity contribution in [1.82, 2.24) is 4.90 Å². The summed E-state index contributed by atoms with van der Waals surface area (Å²) in [6.45, 7) is 6.36. The van der Waals surface area contributed by atoms with E-state index in [1.807, 2.05) is 37.4 Å². The third kappa shape index (κ3) is 4.04. The van der Waals surface area contributed by atoms with Gasteiger partial charge in [0, 0.05) is 18.0 Å². The third-order valence-electron chi connectivity index (χ3n) is 6.48. The zero-order valence-electron chi connectivity index (χ0n) is 19.7.